The summed E-state index contributed by atoms with van der Waals surface area (Å²) in [6, 6.07) is 4.96. The molecule has 0 amide bonds. The Hall–Kier alpha value is -1.46. The van der Waals surface area contributed by atoms with Gasteiger partial charge in [-0.1, -0.05) is 0 Å². The summed E-state index contributed by atoms with van der Waals surface area (Å²) in [6.07, 6.45) is 1.97. The summed E-state index contributed by atoms with van der Waals surface area (Å²) in [7, 11) is 0. The van der Waals surface area contributed by atoms with E-state index in [0.717, 1.165) is 18.4 Å². The maximum absolute atomic E-state index is 13.2. The number of aliphatic hydroxyl groups is 1. The highest BCUT2D eigenvalue weighted by atomic mass is 19.1. The molecule has 1 aromatic carbocycles. The van der Waals surface area contributed by atoms with Crippen LogP contribution in [0.2, 0.25) is 0 Å². The predicted octanol–water partition coefficient (Wildman–Crippen LogP) is 1.89. The zero-order chi connectivity index (χ0) is 12.7. The molecule has 1 fully saturated rings. The largest absolute Gasteiger partial charge is 0.385 e. The van der Waals surface area contributed by atoms with Crippen LogP contribution in [-0.4, -0.2) is 21.2 Å². The van der Waals surface area contributed by atoms with Gasteiger partial charge in [0.15, 0.2) is 0 Å². The maximum Gasteiger partial charge on any atom is 0.139 e. The highest BCUT2D eigenvalue weighted by Gasteiger charge is 2.30. The van der Waals surface area contributed by atoms with Gasteiger partial charge in [0.05, 0.1) is 11.0 Å². The minimum Gasteiger partial charge on any atom is -0.385 e. The van der Waals surface area contributed by atoms with Crippen LogP contribution in [0, 0.1) is 5.82 Å². The van der Waals surface area contributed by atoms with E-state index >= 15 is 0 Å². The fourth-order valence-corrected chi connectivity index (χ4v) is 2.33. The molecule has 4 nitrogen and oxygen atoms in total. The van der Waals surface area contributed by atoms with Crippen molar-refractivity contribution in [2.24, 2.45) is 5.73 Å². The third-order valence-electron chi connectivity index (χ3n) is 3.33. The molecule has 18 heavy (non-hydrogen) atoms. The Bertz CT molecular complexity index is 577. The number of nitrogens with zero attached hydrogens (tertiary/aromatic N) is 2. The second-order valence-electron chi connectivity index (χ2n) is 4.80. The Kier molecular flexibility index (Phi) is 2.80. The van der Waals surface area contributed by atoms with Gasteiger partial charge in [-0.3, -0.25) is 0 Å². The molecule has 0 spiro atoms. The van der Waals surface area contributed by atoms with Gasteiger partial charge in [-0.15, -0.1) is 0 Å². The quantitative estimate of drug-likeness (QED) is 0.869. The molecule has 1 heterocycles. The number of aliphatic hydroxyl groups excluding tert-OH is 1. The summed E-state index contributed by atoms with van der Waals surface area (Å²) in [5.41, 5.74) is 6.97. The molecular formula is C13H16FN3O. The van der Waals surface area contributed by atoms with Crippen molar-refractivity contribution in [2.45, 2.75) is 31.4 Å². The molecular weight excluding hydrogens is 233 g/mol. The molecule has 3 N–H and O–H groups in total. The van der Waals surface area contributed by atoms with Gasteiger partial charge in [-0.05, 0) is 37.9 Å². The van der Waals surface area contributed by atoms with E-state index in [1.165, 1.54) is 12.1 Å². The number of hydrogen-bond donors (Lipinski definition) is 2. The molecule has 0 radical (unpaired) electrons. The molecule has 1 aromatic heterocycles. The first-order valence-electron chi connectivity index (χ1n) is 6.26. The lowest BCUT2D eigenvalue weighted by Gasteiger charge is -2.12. The third kappa shape index (κ3) is 1.89. The lowest BCUT2D eigenvalue weighted by molar-refractivity contribution is 0.156. The van der Waals surface area contributed by atoms with Gasteiger partial charge in [0.1, 0.15) is 17.7 Å². The highest BCUT2D eigenvalue weighted by molar-refractivity contribution is 5.76. The van der Waals surface area contributed by atoms with Crippen molar-refractivity contribution in [3.8, 4) is 0 Å². The Balaban J connectivity index is 2.14. The summed E-state index contributed by atoms with van der Waals surface area (Å²) in [6.45, 7) is 0.406. The molecule has 1 saturated carbocycles. The molecule has 3 rings (SSSR count). The van der Waals surface area contributed by atoms with E-state index in [1.807, 2.05) is 4.57 Å². The van der Waals surface area contributed by atoms with E-state index in [0.29, 0.717) is 30.3 Å². The fourth-order valence-electron chi connectivity index (χ4n) is 2.33. The van der Waals surface area contributed by atoms with Crippen LogP contribution in [0.4, 0.5) is 4.39 Å². The smallest absolute Gasteiger partial charge is 0.139 e. The minimum absolute atomic E-state index is 0.303. The lowest BCUT2D eigenvalue weighted by Crippen LogP contribution is -2.12. The number of imidazole rings is 1. The third-order valence-corrected chi connectivity index (χ3v) is 3.33. The van der Waals surface area contributed by atoms with Crippen molar-refractivity contribution in [2.75, 3.05) is 6.54 Å². The summed E-state index contributed by atoms with van der Waals surface area (Å²) in [5, 5.41) is 10.1. The number of nitrogens with two attached hydrogens (primary N) is 1. The van der Waals surface area contributed by atoms with Gasteiger partial charge in [0, 0.05) is 12.1 Å². The molecule has 5 heteroatoms. The second kappa shape index (κ2) is 4.33. The van der Waals surface area contributed by atoms with Crippen molar-refractivity contribution < 1.29 is 9.50 Å². The fraction of sp³-hybridized carbons (Fsp3) is 0.462. The van der Waals surface area contributed by atoms with Crippen molar-refractivity contribution >= 4 is 11.0 Å². The Morgan fingerprint density at radius 1 is 1.50 bits per heavy atom. The molecule has 1 unspecified atom stereocenters. The summed E-state index contributed by atoms with van der Waals surface area (Å²) >= 11 is 0. The van der Waals surface area contributed by atoms with Gasteiger partial charge >= 0.3 is 0 Å². The van der Waals surface area contributed by atoms with Gasteiger partial charge in [-0.25, -0.2) is 9.37 Å². The highest BCUT2D eigenvalue weighted by Crippen LogP contribution is 2.40. The van der Waals surface area contributed by atoms with Crippen LogP contribution in [0.15, 0.2) is 18.2 Å². The topological polar surface area (TPSA) is 64.1 Å². The van der Waals surface area contributed by atoms with Gasteiger partial charge < -0.3 is 15.4 Å². The van der Waals surface area contributed by atoms with Crippen molar-refractivity contribution in [1.82, 2.24) is 9.55 Å². The van der Waals surface area contributed by atoms with Gasteiger partial charge in [0.25, 0.3) is 0 Å². The van der Waals surface area contributed by atoms with E-state index in [-0.39, 0.29) is 5.82 Å². The average molecular weight is 249 g/mol. The number of benzene rings is 1. The van der Waals surface area contributed by atoms with E-state index in [4.69, 9.17) is 5.73 Å². The molecule has 0 saturated heterocycles. The van der Waals surface area contributed by atoms with E-state index in [1.54, 1.807) is 6.07 Å². The summed E-state index contributed by atoms with van der Waals surface area (Å²) in [4.78, 5) is 4.37. The van der Waals surface area contributed by atoms with Crippen molar-refractivity contribution in [1.29, 1.82) is 0 Å². The van der Waals surface area contributed by atoms with E-state index < -0.39 is 6.10 Å². The first kappa shape index (κ1) is 11.6. The minimum atomic E-state index is -0.675. The van der Waals surface area contributed by atoms with Gasteiger partial charge in [0.2, 0.25) is 0 Å². The Labute approximate surface area is 104 Å². The van der Waals surface area contributed by atoms with Crippen LogP contribution >= 0.6 is 0 Å². The Morgan fingerprint density at radius 3 is 2.94 bits per heavy atom. The number of fused-ring (bicyclic) bond motifs is 1. The standard InChI is InChI=1S/C13H16FN3O/c14-8-1-4-11-10(7-8)16-13(12(18)5-6-15)17(11)9-2-3-9/h1,4,7,9,12,18H,2-3,5-6,15H2. The number of rotatable bonds is 4. The lowest BCUT2D eigenvalue weighted by atomic mass is 10.2. The normalized spacial score (nSPS) is 17.3. The average Bonchev–Trinajstić information content (AvgIpc) is 3.10. The summed E-state index contributed by atoms with van der Waals surface area (Å²) in [5.74, 6) is 0.311. The van der Waals surface area contributed by atoms with Crippen LogP contribution < -0.4 is 5.73 Å². The predicted molar refractivity (Wildman–Crippen MR) is 66.6 cm³/mol. The molecule has 2 aromatic rings. The number of hydrogen-bond acceptors (Lipinski definition) is 3. The molecule has 0 aliphatic heterocycles. The first-order chi connectivity index (χ1) is 8.70. The Morgan fingerprint density at radius 2 is 2.28 bits per heavy atom. The molecule has 1 atom stereocenters. The summed E-state index contributed by atoms with van der Waals surface area (Å²) < 4.78 is 15.2. The van der Waals surface area contributed by atoms with E-state index in [2.05, 4.69) is 4.98 Å². The molecule has 96 valence electrons. The van der Waals surface area contributed by atoms with Crippen LogP contribution in [0.5, 0.6) is 0 Å². The van der Waals surface area contributed by atoms with Crippen LogP contribution in [0.25, 0.3) is 11.0 Å². The van der Waals surface area contributed by atoms with Crippen LogP contribution in [-0.2, 0) is 0 Å². The van der Waals surface area contributed by atoms with Crippen molar-refractivity contribution in [3.63, 3.8) is 0 Å². The number of halogens is 1. The zero-order valence-corrected chi connectivity index (χ0v) is 10.0. The van der Waals surface area contributed by atoms with Crippen LogP contribution in [0.1, 0.15) is 37.2 Å². The molecule has 1 aliphatic rings. The zero-order valence-electron chi connectivity index (χ0n) is 10.0. The van der Waals surface area contributed by atoms with Gasteiger partial charge in [-0.2, -0.15) is 0 Å². The number of aromatic nitrogens is 2. The molecule has 0 bridgehead atoms. The first-order valence-corrected chi connectivity index (χ1v) is 6.26. The maximum atomic E-state index is 13.2. The SMILES string of the molecule is NCCC(O)c1nc2cc(F)ccc2n1C1CC1. The van der Waals surface area contributed by atoms with Crippen molar-refractivity contribution in [3.05, 3.63) is 29.8 Å². The van der Waals surface area contributed by atoms with Crippen LogP contribution in [0.3, 0.4) is 0 Å². The van der Waals surface area contributed by atoms with E-state index in [9.17, 15) is 9.50 Å². The second-order valence-corrected chi connectivity index (χ2v) is 4.80. The molecule has 1 aliphatic carbocycles. The monoisotopic (exact) mass is 249 g/mol.